The number of fused-ring (bicyclic) bond motifs is 1. The standard InChI is InChI=1S/C19H19NO4/c1-23-16-9-5-8-14-12-17(24-18(14)16)19(22)20-11-10-15(21)13-6-3-2-4-7-13/h2-9,12,15,21H,10-11H2,1H3,(H,20,22)/t15-/m1/s1. The Bertz CT molecular complexity index is 826. The summed E-state index contributed by atoms with van der Waals surface area (Å²) in [6, 6.07) is 16.5. The lowest BCUT2D eigenvalue weighted by Gasteiger charge is -2.11. The van der Waals surface area contributed by atoms with Crippen LogP contribution < -0.4 is 10.1 Å². The molecule has 2 aromatic carbocycles. The number of hydrogen-bond donors (Lipinski definition) is 2. The third kappa shape index (κ3) is 3.41. The zero-order valence-corrected chi connectivity index (χ0v) is 13.4. The number of aliphatic hydroxyl groups is 1. The predicted octanol–water partition coefficient (Wildman–Crippen LogP) is 3.29. The Balaban J connectivity index is 1.61. The molecule has 0 spiro atoms. The number of para-hydroxylation sites is 1. The molecule has 5 heteroatoms. The van der Waals surface area contributed by atoms with E-state index in [9.17, 15) is 9.90 Å². The fourth-order valence-corrected chi connectivity index (χ4v) is 2.56. The molecule has 1 atom stereocenters. The Labute approximate surface area is 139 Å². The average Bonchev–Trinajstić information content (AvgIpc) is 3.06. The van der Waals surface area contributed by atoms with Crippen molar-refractivity contribution in [1.82, 2.24) is 5.32 Å². The molecule has 3 rings (SSSR count). The van der Waals surface area contributed by atoms with Crippen molar-refractivity contribution < 1.29 is 19.1 Å². The van der Waals surface area contributed by atoms with E-state index < -0.39 is 6.10 Å². The van der Waals surface area contributed by atoms with Gasteiger partial charge in [0, 0.05) is 11.9 Å². The molecule has 0 radical (unpaired) electrons. The average molecular weight is 325 g/mol. The summed E-state index contributed by atoms with van der Waals surface area (Å²) < 4.78 is 10.8. The van der Waals surface area contributed by atoms with Crippen molar-refractivity contribution in [3.8, 4) is 5.75 Å². The van der Waals surface area contributed by atoms with Crippen molar-refractivity contribution in [2.75, 3.05) is 13.7 Å². The molecular formula is C19H19NO4. The van der Waals surface area contributed by atoms with Gasteiger partial charge in [-0.1, -0.05) is 42.5 Å². The summed E-state index contributed by atoms with van der Waals surface area (Å²) in [6.07, 6.45) is -0.179. The van der Waals surface area contributed by atoms with Gasteiger partial charge in [0.05, 0.1) is 13.2 Å². The number of methoxy groups -OCH3 is 1. The summed E-state index contributed by atoms with van der Waals surface area (Å²) in [6.45, 7) is 0.350. The van der Waals surface area contributed by atoms with Crippen LogP contribution in [0.25, 0.3) is 11.0 Å². The summed E-state index contributed by atoms with van der Waals surface area (Å²) in [5.41, 5.74) is 1.38. The molecule has 2 N–H and O–H groups in total. The van der Waals surface area contributed by atoms with Crippen LogP contribution in [0, 0.1) is 0 Å². The Morgan fingerprint density at radius 2 is 2.00 bits per heavy atom. The molecule has 3 aromatic rings. The number of carbonyl (C=O) groups excluding carboxylic acids is 1. The van der Waals surface area contributed by atoms with Gasteiger partial charge in [-0.2, -0.15) is 0 Å². The minimum atomic E-state index is -0.609. The maximum atomic E-state index is 12.2. The van der Waals surface area contributed by atoms with Crippen LogP contribution in [0.3, 0.4) is 0 Å². The number of rotatable bonds is 6. The van der Waals surface area contributed by atoms with Crippen LogP contribution in [-0.4, -0.2) is 24.7 Å². The molecule has 1 amide bonds. The highest BCUT2D eigenvalue weighted by Crippen LogP contribution is 2.28. The molecule has 1 aromatic heterocycles. The van der Waals surface area contributed by atoms with Crippen LogP contribution in [0.5, 0.6) is 5.75 Å². The van der Waals surface area contributed by atoms with E-state index in [2.05, 4.69) is 5.32 Å². The van der Waals surface area contributed by atoms with E-state index in [1.807, 2.05) is 42.5 Å². The van der Waals surface area contributed by atoms with Gasteiger partial charge in [0.15, 0.2) is 17.1 Å². The van der Waals surface area contributed by atoms with Crippen molar-refractivity contribution in [2.24, 2.45) is 0 Å². The zero-order chi connectivity index (χ0) is 16.9. The van der Waals surface area contributed by atoms with Crippen molar-refractivity contribution in [3.63, 3.8) is 0 Å². The lowest BCUT2D eigenvalue weighted by molar-refractivity contribution is 0.0917. The minimum Gasteiger partial charge on any atom is -0.493 e. The molecule has 5 nitrogen and oxygen atoms in total. The first-order chi connectivity index (χ1) is 11.7. The van der Waals surface area contributed by atoms with Gasteiger partial charge in [0.2, 0.25) is 0 Å². The van der Waals surface area contributed by atoms with Gasteiger partial charge >= 0.3 is 0 Å². The summed E-state index contributed by atoms with van der Waals surface area (Å²) in [5.74, 6) is 0.503. The van der Waals surface area contributed by atoms with Gasteiger partial charge in [-0.3, -0.25) is 4.79 Å². The van der Waals surface area contributed by atoms with E-state index in [1.54, 1.807) is 19.2 Å². The summed E-state index contributed by atoms with van der Waals surface area (Å²) in [5, 5.41) is 13.7. The smallest absolute Gasteiger partial charge is 0.287 e. The fourth-order valence-electron chi connectivity index (χ4n) is 2.56. The highest BCUT2D eigenvalue weighted by molar-refractivity contribution is 5.97. The maximum Gasteiger partial charge on any atom is 0.287 e. The third-order valence-corrected chi connectivity index (χ3v) is 3.84. The second kappa shape index (κ2) is 7.19. The van der Waals surface area contributed by atoms with Crippen molar-refractivity contribution in [3.05, 3.63) is 65.9 Å². The molecule has 0 bridgehead atoms. The third-order valence-electron chi connectivity index (χ3n) is 3.84. The number of carbonyl (C=O) groups is 1. The van der Waals surface area contributed by atoms with Gasteiger partial charge in [0.1, 0.15) is 0 Å². The number of furan rings is 1. The zero-order valence-electron chi connectivity index (χ0n) is 13.4. The number of amides is 1. The monoisotopic (exact) mass is 325 g/mol. The van der Waals surface area contributed by atoms with Crippen molar-refractivity contribution >= 4 is 16.9 Å². The highest BCUT2D eigenvalue weighted by atomic mass is 16.5. The number of benzene rings is 2. The number of hydrogen-bond acceptors (Lipinski definition) is 4. The fraction of sp³-hybridized carbons (Fsp3) is 0.211. The molecule has 124 valence electrons. The van der Waals surface area contributed by atoms with Crippen LogP contribution in [0.4, 0.5) is 0 Å². The van der Waals surface area contributed by atoms with E-state index in [0.717, 1.165) is 10.9 Å². The summed E-state index contributed by atoms with van der Waals surface area (Å²) >= 11 is 0. The Morgan fingerprint density at radius 3 is 2.75 bits per heavy atom. The van der Waals surface area contributed by atoms with Crippen molar-refractivity contribution in [1.29, 1.82) is 0 Å². The molecule has 0 aliphatic rings. The molecule has 0 unspecified atom stereocenters. The first-order valence-electron chi connectivity index (χ1n) is 7.77. The van der Waals surface area contributed by atoms with Crippen LogP contribution in [0.1, 0.15) is 28.6 Å². The maximum absolute atomic E-state index is 12.2. The van der Waals surface area contributed by atoms with E-state index in [4.69, 9.17) is 9.15 Å². The quantitative estimate of drug-likeness (QED) is 0.729. The topological polar surface area (TPSA) is 71.7 Å². The Hall–Kier alpha value is -2.79. The lowest BCUT2D eigenvalue weighted by Crippen LogP contribution is -2.25. The number of ether oxygens (including phenoxy) is 1. The second-order valence-corrected chi connectivity index (χ2v) is 5.46. The van der Waals surface area contributed by atoms with Crippen molar-refractivity contribution in [2.45, 2.75) is 12.5 Å². The van der Waals surface area contributed by atoms with Gasteiger partial charge < -0.3 is 19.6 Å². The van der Waals surface area contributed by atoms with E-state index in [-0.39, 0.29) is 11.7 Å². The predicted molar refractivity (Wildman–Crippen MR) is 91.1 cm³/mol. The Kier molecular flexibility index (Phi) is 4.82. The van der Waals surface area contributed by atoms with Crippen LogP contribution in [-0.2, 0) is 0 Å². The molecule has 0 aliphatic heterocycles. The molecule has 24 heavy (non-hydrogen) atoms. The first-order valence-corrected chi connectivity index (χ1v) is 7.77. The lowest BCUT2D eigenvalue weighted by atomic mass is 10.1. The van der Waals surface area contributed by atoms with Crippen LogP contribution in [0.2, 0.25) is 0 Å². The molecule has 0 fully saturated rings. The van der Waals surface area contributed by atoms with E-state index in [1.165, 1.54) is 0 Å². The number of aliphatic hydroxyl groups excluding tert-OH is 1. The van der Waals surface area contributed by atoms with Gasteiger partial charge in [-0.05, 0) is 24.1 Å². The first kappa shape index (κ1) is 16.1. The highest BCUT2D eigenvalue weighted by Gasteiger charge is 2.15. The van der Waals surface area contributed by atoms with Crippen LogP contribution in [0.15, 0.2) is 59.0 Å². The van der Waals surface area contributed by atoms with Gasteiger partial charge in [0.25, 0.3) is 5.91 Å². The largest absolute Gasteiger partial charge is 0.493 e. The molecule has 0 saturated heterocycles. The minimum absolute atomic E-state index is 0.226. The second-order valence-electron chi connectivity index (χ2n) is 5.46. The SMILES string of the molecule is COc1cccc2cc(C(=O)NCC[C@@H](O)c3ccccc3)oc12. The molecule has 0 saturated carbocycles. The molecule has 0 aliphatic carbocycles. The van der Waals surface area contributed by atoms with Gasteiger partial charge in [-0.15, -0.1) is 0 Å². The van der Waals surface area contributed by atoms with E-state index >= 15 is 0 Å². The van der Waals surface area contributed by atoms with Crippen LogP contribution >= 0.6 is 0 Å². The number of nitrogens with one attached hydrogen (secondary N) is 1. The summed E-state index contributed by atoms with van der Waals surface area (Å²) in [4.78, 5) is 12.2. The normalized spacial score (nSPS) is 12.1. The van der Waals surface area contributed by atoms with Gasteiger partial charge in [-0.25, -0.2) is 0 Å². The Morgan fingerprint density at radius 1 is 1.21 bits per heavy atom. The molecule has 1 heterocycles. The van der Waals surface area contributed by atoms with E-state index in [0.29, 0.717) is 24.3 Å². The molecular weight excluding hydrogens is 306 g/mol. The summed E-state index contributed by atoms with van der Waals surface area (Å²) in [7, 11) is 1.56.